The Balaban J connectivity index is 1.93. The number of carbonyl (C=O) groups is 1. The Morgan fingerprint density at radius 2 is 1.97 bits per heavy atom. The molecule has 3 aromatic rings. The second-order valence-electron chi connectivity index (χ2n) is 8.08. The number of carbonyl (C=O) groups excluding carboxylic acids is 1. The zero-order valence-electron chi connectivity index (χ0n) is 18.6. The number of thiazole rings is 1. The fourth-order valence-corrected chi connectivity index (χ4v) is 4.24. The van der Waals surface area contributed by atoms with E-state index in [4.69, 9.17) is 5.73 Å². The number of rotatable bonds is 9. The molecule has 0 saturated carbocycles. The molecule has 0 unspecified atom stereocenters. The fourth-order valence-electron chi connectivity index (χ4n) is 3.41. The Labute approximate surface area is 190 Å². The zero-order chi connectivity index (χ0) is 23.3. The highest BCUT2D eigenvalue weighted by molar-refractivity contribution is 7.13. The SMILES string of the molecule is CCCCN(C(=O)Cc1csc(-c2ccccc2)n1)c1c(N)n(CC(C)C)c(=O)[nH]c1=O. The summed E-state index contributed by atoms with van der Waals surface area (Å²) in [4.78, 5) is 46.6. The Hall–Kier alpha value is -3.20. The van der Waals surface area contributed by atoms with Crippen molar-refractivity contribution in [3.8, 4) is 10.6 Å². The summed E-state index contributed by atoms with van der Waals surface area (Å²) < 4.78 is 1.32. The lowest BCUT2D eigenvalue weighted by Crippen LogP contribution is -2.42. The number of hydrogen-bond donors (Lipinski definition) is 2. The lowest BCUT2D eigenvalue weighted by atomic mass is 10.2. The highest BCUT2D eigenvalue weighted by Crippen LogP contribution is 2.25. The minimum absolute atomic E-state index is 0.0140. The van der Waals surface area contributed by atoms with E-state index >= 15 is 0 Å². The highest BCUT2D eigenvalue weighted by Gasteiger charge is 2.25. The molecular formula is C23H29N5O3S. The van der Waals surface area contributed by atoms with Gasteiger partial charge >= 0.3 is 5.69 Å². The summed E-state index contributed by atoms with van der Waals surface area (Å²) in [7, 11) is 0. The first kappa shape index (κ1) is 23.5. The van der Waals surface area contributed by atoms with Gasteiger partial charge in [-0.1, -0.05) is 57.5 Å². The summed E-state index contributed by atoms with van der Waals surface area (Å²) in [5, 5.41) is 2.68. The van der Waals surface area contributed by atoms with E-state index in [1.54, 1.807) is 0 Å². The molecule has 32 heavy (non-hydrogen) atoms. The average molecular weight is 456 g/mol. The van der Waals surface area contributed by atoms with Crippen LogP contribution in [-0.4, -0.2) is 27.0 Å². The van der Waals surface area contributed by atoms with Gasteiger partial charge in [0.25, 0.3) is 5.56 Å². The Bertz CT molecular complexity index is 1180. The maximum Gasteiger partial charge on any atom is 0.330 e. The highest BCUT2D eigenvalue weighted by atomic mass is 32.1. The predicted octanol–water partition coefficient (Wildman–Crippen LogP) is 3.27. The van der Waals surface area contributed by atoms with E-state index in [2.05, 4.69) is 9.97 Å². The minimum Gasteiger partial charge on any atom is -0.383 e. The van der Waals surface area contributed by atoms with Crippen molar-refractivity contribution in [1.82, 2.24) is 14.5 Å². The van der Waals surface area contributed by atoms with Crippen molar-refractivity contribution in [2.24, 2.45) is 5.92 Å². The van der Waals surface area contributed by atoms with Crippen LogP contribution >= 0.6 is 11.3 Å². The molecule has 2 aromatic heterocycles. The van der Waals surface area contributed by atoms with Crippen molar-refractivity contribution < 1.29 is 4.79 Å². The second-order valence-corrected chi connectivity index (χ2v) is 8.94. The molecular weight excluding hydrogens is 426 g/mol. The first-order valence-electron chi connectivity index (χ1n) is 10.7. The molecule has 0 saturated heterocycles. The topological polar surface area (TPSA) is 114 Å². The third kappa shape index (κ3) is 5.34. The normalized spacial score (nSPS) is 11.1. The number of unbranched alkanes of at least 4 members (excludes halogenated alkanes) is 1. The van der Waals surface area contributed by atoms with E-state index in [0.29, 0.717) is 25.2 Å². The molecule has 1 aromatic carbocycles. The lowest BCUT2D eigenvalue weighted by molar-refractivity contribution is -0.118. The number of hydrogen-bond acceptors (Lipinski definition) is 6. The monoisotopic (exact) mass is 455 g/mol. The number of anilines is 2. The largest absolute Gasteiger partial charge is 0.383 e. The lowest BCUT2D eigenvalue weighted by Gasteiger charge is -2.24. The predicted molar refractivity (Wildman–Crippen MR) is 129 cm³/mol. The van der Waals surface area contributed by atoms with Gasteiger partial charge in [-0.05, 0) is 12.3 Å². The van der Waals surface area contributed by atoms with Gasteiger partial charge in [0, 0.05) is 24.0 Å². The number of nitrogen functional groups attached to an aromatic ring is 1. The van der Waals surface area contributed by atoms with Gasteiger partial charge in [0.1, 0.15) is 10.8 Å². The smallest absolute Gasteiger partial charge is 0.330 e. The summed E-state index contributed by atoms with van der Waals surface area (Å²) in [6.07, 6.45) is 1.57. The van der Waals surface area contributed by atoms with Crippen molar-refractivity contribution in [2.45, 2.75) is 46.6 Å². The van der Waals surface area contributed by atoms with Crippen LogP contribution < -0.4 is 21.9 Å². The number of nitrogens with one attached hydrogen (secondary N) is 1. The van der Waals surface area contributed by atoms with Crippen molar-refractivity contribution in [2.75, 3.05) is 17.2 Å². The van der Waals surface area contributed by atoms with Gasteiger partial charge < -0.3 is 10.6 Å². The first-order chi connectivity index (χ1) is 15.3. The molecule has 0 aliphatic carbocycles. The van der Waals surface area contributed by atoms with Crippen molar-refractivity contribution in [3.05, 3.63) is 62.2 Å². The third-order valence-corrected chi connectivity index (χ3v) is 5.91. The van der Waals surface area contributed by atoms with E-state index in [9.17, 15) is 14.4 Å². The maximum atomic E-state index is 13.3. The molecule has 3 rings (SSSR count). The number of nitrogens with zero attached hydrogens (tertiary/aromatic N) is 3. The van der Waals surface area contributed by atoms with E-state index in [0.717, 1.165) is 17.0 Å². The number of benzene rings is 1. The molecule has 2 heterocycles. The van der Waals surface area contributed by atoms with E-state index < -0.39 is 11.2 Å². The molecule has 170 valence electrons. The Kier molecular flexibility index (Phi) is 7.63. The molecule has 0 fully saturated rings. The van der Waals surface area contributed by atoms with Crippen molar-refractivity contribution in [1.29, 1.82) is 0 Å². The average Bonchev–Trinajstić information content (AvgIpc) is 3.22. The Morgan fingerprint density at radius 1 is 1.25 bits per heavy atom. The fraction of sp³-hybridized carbons (Fsp3) is 0.391. The number of nitrogens with two attached hydrogens (primary N) is 1. The van der Waals surface area contributed by atoms with Crippen LogP contribution in [0.15, 0.2) is 45.3 Å². The quantitative estimate of drug-likeness (QED) is 0.514. The van der Waals surface area contributed by atoms with Crippen LogP contribution in [0.25, 0.3) is 10.6 Å². The van der Waals surface area contributed by atoms with Gasteiger partial charge in [-0.3, -0.25) is 19.1 Å². The second kappa shape index (κ2) is 10.4. The van der Waals surface area contributed by atoms with Gasteiger partial charge in [0.05, 0.1) is 12.1 Å². The summed E-state index contributed by atoms with van der Waals surface area (Å²) in [5.41, 5.74) is 6.68. The molecule has 0 radical (unpaired) electrons. The maximum absolute atomic E-state index is 13.3. The number of amides is 1. The molecule has 3 N–H and O–H groups in total. The zero-order valence-corrected chi connectivity index (χ0v) is 19.4. The third-order valence-electron chi connectivity index (χ3n) is 4.97. The van der Waals surface area contributed by atoms with Gasteiger partial charge in [-0.15, -0.1) is 11.3 Å². The molecule has 0 atom stereocenters. The minimum atomic E-state index is -0.653. The van der Waals surface area contributed by atoms with E-state index in [-0.39, 0.29) is 29.8 Å². The van der Waals surface area contributed by atoms with Crippen LogP contribution in [0.5, 0.6) is 0 Å². The molecule has 0 bridgehead atoms. The molecule has 9 heteroatoms. The van der Waals surface area contributed by atoms with Crippen LogP contribution in [0.4, 0.5) is 11.5 Å². The van der Waals surface area contributed by atoms with Crippen LogP contribution in [-0.2, 0) is 17.8 Å². The van der Waals surface area contributed by atoms with Crippen molar-refractivity contribution >= 4 is 28.7 Å². The van der Waals surface area contributed by atoms with Crippen LogP contribution in [0, 0.1) is 5.92 Å². The molecule has 1 amide bonds. The number of aromatic amines is 1. The molecule has 8 nitrogen and oxygen atoms in total. The van der Waals surface area contributed by atoms with Crippen LogP contribution in [0.2, 0.25) is 0 Å². The summed E-state index contributed by atoms with van der Waals surface area (Å²) in [5.74, 6) is -0.129. The van der Waals surface area contributed by atoms with Gasteiger partial charge in [-0.2, -0.15) is 0 Å². The van der Waals surface area contributed by atoms with Crippen LogP contribution in [0.3, 0.4) is 0 Å². The first-order valence-corrected chi connectivity index (χ1v) is 11.6. The van der Waals surface area contributed by atoms with Gasteiger partial charge in [0.15, 0.2) is 5.69 Å². The number of H-pyrrole nitrogens is 1. The summed E-state index contributed by atoms with van der Waals surface area (Å²) in [6.45, 7) is 6.57. The molecule has 0 spiro atoms. The summed E-state index contributed by atoms with van der Waals surface area (Å²) in [6, 6.07) is 9.75. The standard InChI is InChI=1S/C23H29N5O3S/c1-4-5-11-27(19-20(24)28(13-15(2)3)23(31)26-21(19)30)18(29)12-17-14-32-22(25-17)16-9-7-6-8-10-16/h6-10,14-15H,4-5,11-13,24H2,1-3H3,(H,26,30,31). The van der Waals surface area contributed by atoms with E-state index in [1.165, 1.54) is 20.8 Å². The van der Waals surface area contributed by atoms with Gasteiger partial charge in [0.2, 0.25) is 5.91 Å². The number of aromatic nitrogens is 3. The van der Waals surface area contributed by atoms with Crippen LogP contribution in [0.1, 0.15) is 39.3 Å². The van der Waals surface area contributed by atoms with E-state index in [1.807, 2.05) is 56.5 Å². The summed E-state index contributed by atoms with van der Waals surface area (Å²) >= 11 is 1.47. The Morgan fingerprint density at radius 3 is 2.62 bits per heavy atom. The molecule has 0 aliphatic heterocycles. The molecule has 0 aliphatic rings. The van der Waals surface area contributed by atoms with Gasteiger partial charge in [-0.25, -0.2) is 9.78 Å². The van der Waals surface area contributed by atoms with Crippen molar-refractivity contribution in [3.63, 3.8) is 0 Å².